The van der Waals surface area contributed by atoms with Crippen LogP contribution in [0.15, 0.2) is 29.1 Å². The fourth-order valence-corrected chi connectivity index (χ4v) is 1.95. The highest BCUT2D eigenvalue weighted by atomic mass is 35.5. The second-order valence-corrected chi connectivity index (χ2v) is 4.64. The maximum Gasteiger partial charge on any atom is 0.348 e. The van der Waals surface area contributed by atoms with Crippen LogP contribution < -0.4 is 5.32 Å². The van der Waals surface area contributed by atoms with Crippen LogP contribution in [0.25, 0.3) is 0 Å². The average Bonchev–Trinajstić information content (AvgIpc) is 2.89. The van der Waals surface area contributed by atoms with Gasteiger partial charge < -0.3 is 9.73 Å². The first-order valence-corrected chi connectivity index (χ1v) is 6.39. The second kappa shape index (κ2) is 6.33. The summed E-state index contributed by atoms with van der Waals surface area (Å²) in [5.41, 5.74) is -0.306. The van der Waals surface area contributed by atoms with Gasteiger partial charge in [0.15, 0.2) is 0 Å². The number of aromatic nitrogens is 2. The molecule has 2 aromatic rings. The maximum absolute atomic E-state index is 11.0. The summed E-state index contributed by atoms with van der Waals surface area (Å²) in [5, 5.41) is 13.8. The van der Waals surface area contributed by atoms with Crippen LogP contribution in [0.4, 0.5) is 11.5 Å². The van der Waals surface area contributed by atoms with Crippen molar-refractivity contribution in [3.8, 4) is 0 Å². The Hall–Kier alpha value is -2.15. The molecule has 106 valence electrons. The molecule has 0 saturated carbocycles. The van der Waals surface area contributed by atoms with Crippen molar-refractivity contribution in [3.05, 3.63) is 45.8 Å². The normalized spacial score (nSPS) is 12.1. The van der Waals surface area contributed by atoms with Crippen LogP contribution in [-0.2, 0) is 6.42 Å². The monoisotopic (exact) mass is 296 g/mol. The summed E-state index contributed by atoms with van der Waals surface area (Å²) in [7, 11) is 0. The number of hydrogen-bond acceptors (Lipinski definition) is 6. The summed E-state index contributed by atoms with van der Waals surface area (Å²) in [6.07, 6.45) is 4.28. The zero-order valence-corrected chi connectivity index (χ0v) is 11.5. The van der Waals surface area contributed by atoms with Crippen LogP contribution in [0.2, 0.25) is 5.15 Å². The van der Waals surface area contributed by atoms with Gasteiger partial charge in [0, 0.05) is 12.5 Å². The SMILES string of the molecule is CC(CCc1ccco1)Nc1ncnc(Cl)c1[N+](=O)[O-]. The fourth-order valence-electron chi connectivity index (χ4n) is 1.74. The molecule has 0 aliphatic carbocycles. The van der Waals surface area contributed by atoms with E-state index in [0.717, 1.165) is 18.6 Å². The first-order chi connectivity index (χ1) is 9.58. The molecule has 2 aromatic heterocycles. The molecule has 8 heteroatoms. The molecule has 1 atom stereocenters. The van der Waals surface area contributed by atoms with E-state index in [1.165, 1.54) is 6.33 Å². The minimum atomic E-state index is -0.593. The van der Waals surface area contributed by atoms with Crippen molar-refractivity contribution in [2.75, 3.05) is 5.32 Å². The number of hydrogen-bond donors (Lipinski definition) is 1. The van der Waals surface area contributed by atoms with Crippen LogP contribution in [0.3, 0.4) is 0 Å². The van der Waals surface area contributed by atoms with Crippen molar-refractivity contribution in [2.24, 2.45) is 0 Å². The summed E-state index contributed by atoms with van der Waals surface area (Å²) in [6.45, 7) is 1.91. The first-order valence-electron chi connectivity index (χ1n) is 6.01. The summed E-state index contributed by atoms with van der Waals surface area (Å²) in [6, 6.07) is 3.68. The number of rotatable bonds is 6. The van der Waals surface area contributed by atoms with Crippen LogP contribution in [0.1, 0.15) is 19.1 Å². The standard InChI is InChI=1S/C12H13ClN4O3/c1-8(4-5-9-3-2-6-20-9)16-12-10(17(18)19)11(13)14-7-15-12/h2-3,6-8H,4-5H2,1H3,(H,14,15,16). The van der Waals surface area contributed by atoms with Gasteiger partial charge in [-0.2, -0.15) is 0 Å². The van der Waals surface area contributed by atoms with E-state index in [2.05, 4.69) is 15.3 Å². The lowest BCUT2D eigenvalue weighted by Crippen LogP contribution is -2.18. The van der Waals surface area contributed by atoms with E-state index in [0.29, 0.717) is 0 Å². The molecule has 0 aromatic carbocycles. The molecule has 0 saturated heterocycles. The minimum absolute atomic E-state index is 0.0234. The molecule has 0 aliphatic rings. The molecule has 7 nitrogen and oxygen atoms in total. The lowest BCUT2D eigenvalue weighted by atomic mass is 10.1. The lowest BCUT2D eigenvalue weighted by Gasteiger charge is -2.13. The van der Waals surface area contributed by atoms with Gasteiger partial charge in [-0.3, -0.25) is 10.1 Å². The molecule has 0 aliphatic heterocycles. The number of halogens is 1. The van der Waals surface area contributed by atoms with Gasteiger partial charge in [-0.05, 0) is 25.5 Å². The number of nitrogens with one attached hydrogen (secondary N) is 1. The molecular formula is C12H13ClN4O3. The van der Waals surface area contributed by atoms with E-state index in [1.807, 2.05) is 19.1 Å². The Morgan fingerprint density at radius 3 is 3.00 bits per heavy atom. The molecule has 0 radical (unpaired) electrons. The highest BCUT2D eigenvalue weighted by Crippen LogP contribution is 2.29. The Labute approximate surface area is 120 Å². The fraction of sp³-hybridized carbons (Fsp3) is 0.333. The van der Waals surface area contributed by atoms with E-state index < -0.39 is 4.92 Å². The van der Waals surface area contributed by atoms with Crippen LogP contribution in [-0.4, -0.2) is 20.9 Å². The predicted molar refractivity (Wildman–Crippen MR) is 73.8 cm³/mol. The van der Waals surface area contributed by atoms with Crippen molar-refractivity contribution >= 4 is 23.1 Å². The Morgan fingerprint density at radius 2 is 2.35 bits per heavy atom. The first kappa shape index (κ1) is 14.3. The number of aryl methyl sites for hydroxylation is 1. The third-order valence-corrected chi connectivity index (χ3v) is 3.02. The molecule has 2 rings (SSSR count). The van der Waals surface area contributed by atoms with Gasteiger partial charge in [0.2, 0.25) is 11.0 Å². The van der Waals surface area contributed by atoms with Crippen molar-refractivity contribution in [2.45, 2.75) is 25.8 Å². The molecular weight excluding hydrogens is 284 g/mol. The van der Waals surface area contributed by atoms with Crippen molar-refractivity contribution in [1.29, 1.82) is 0 Å². The highest BCUT2D eigenvalue weighted by Gasteiger charge is 2.22. The number of anilines is 1. The van der Waals surface area contributed by atoms with Gasteiger partial charge in [0.05, 0.1) is 11.2 Å². The van der Waals surface area contributed by atoms with E-state index in [-0.39, 0.29) is 22.7 Å². The molecule has 0 amide bonds. The van der Waals surface area contributed by atoms with Gasteiger partial charge in [-0.1, -0.05) is 11.6 Å². The Balaban J connectivity index is 2.02. The van der Waals surface area contributed by atoms with E-state index in [9.17, 15) is 10.1 Å². The van der Waals surface area contributed by atoms with Gasteiger partial charge >= 0.3 is 5.69 Å². The zero-order chi connectivity index (χ0) is 14.5. The smallest absolute Gasteiger partial charge is 0.348 e. The quantitative estimate of drug-likeness (QED) is 0.500. The minimum Gasteiger partial charge on any atom is -0.469 e. The van der Waals surface area contributed by atoms with E-state index >= 15 is 0 Å². The summed E-state index contributed by atoms with van der Waals surface area (Å²) in [5.74, 6) is 0.996. The molecule has 1 N–H and O–H groups in total. The van der Waals surface area contributed by atoms with Gasteiger partial charge in [0.1, 0.15) is 12.1 Å². The third kappa shape index (κ3) is 3.45. The number of nitrogens with zero attached hydrogens (tertiary/aromatic N) is 3. The average molecular weight is 297 g/mol. The Morgan fingerprint density at radius 1 is 1.55 bits per heavy atom. The largest absolute Gasteiger partial charge is 0.469 e. The van der Waals surface area contributed by atoms with E-state index in [1.54, 1.807) is 6.26 Å². The predicted octanol–water partition coefficient (Wildman–Crippen LogP) is 3.06. The Kier molecular flexibility index (Phi) is 4.52. The molecule has 0 spiro atoms. The van der Waals surface area contributed by atoms with Crippen LogP contribution in [0, 0.1) is 10.1 Å². The number of furan rings is 1. The van der Waals surface area contributed by atoms with Crippen LogP contribution >= 0.6 is 11.6 Å². The summed E-state index contributed by atoms with van der Waals surface area (Å²) < 4.78 is 5.23. The maximum atomic E-state index is 11.0. The van der Waals surface area contributed by atoms with Gasteiger partial charge in [-0.15, -0.1) is 0 Å². The number of nitro groups is 1. The lowest BCUT2D eigenvalue weighted by molar-refractivity contribution is -0.384. The van der Waals surface area contributed by atoms with Crippen molar-refractivity contribution < 1.29 is 9.34 Å². The molecule has 0 fully saturated rings. The molecule has 20 heavy (non-hydrogen) atoms. The molecule has 2 heterocycles. The Bertz CT molecular complexity index is 588. The second-order valence-electron chi connectivity index (χ2n) is 4.28. The van der Waals surface area contributed by atoms with Crippen LogP contribution in [0.5, 0.6) is 0 Å². The van der Waals surface area contributed by atoms with Gasteiger partial charge in [-0.25, -0.2) is 9.97 Å². The topological polar surface area (TPSA) is 94.1 Å². The zero-order valence-electron chi connectivity index (χ0n) is 10.7. The third-order valence-electron chi connectivity index (χ3n) is 2.75. The van der Waals surface area contributed by atoms with Crippen molar-refractivity contribution in [1.82, 2.24) is 9.97 Å². The van der Waals surface area contributed by atoms with E-state index in [4.69, 9.17) is 16.0 Å². The summed E-state index contributed by atoms with van der Waals surface area (Å²) >= 11 is 5.72. The molecule has 0 bridgehead atoms. The highest BCUT2D eigenvalue weighted by molar-refractivity contribution is 6.31. The van der Waals surface area contributed by atoms with Crippen molar-refractivity contribution in [3.63, 3.8) is 0 Å². The molecule has 1 unspecified atom stereocenters. The summed E-state index contributed by atoms with van der Waals surface area (Å²) in [4.78, 5) is 17.8. The van der Waals surface area contributed by atoms with Gasteiger partial charge in [0.25, 0.3) is 0 Å².